The van der Waals surface area contributed by atoms with Gasteiger partial charge in [0.2, 0.25) is 5.91 Å². The van der Waals surface area contributed by atoms with E-state index in [2.05, 4.69) is 38.1 Å². The Morgan fingerprint density at radius 3 is 2.46 bits per heavy atom. The van der Waals surface area contributed by atoms with Crippen molar-refractivity contribution < 1.29 is 4.79 Å². The molecule has 0 aromatic carbocycles. The maximum atomic E-state index is 13.2. The van der Waals surface area contributed by atoms with Crippen LogP contribution in [0.3, 0.4) is 0 Å². The van der Waals surface area contributed by atoms with Crippen LogP contribution in [0, 0.1) is 29.1 Å². The summed E-state index contributed by atoms with van der Waals surface area (Å²) in [6.45, 7) is 10.5. The number of carbonyl (C=O) groups is 1. The van der Waals surface area contributed by atoms with Crippen molar-refractivity contribution in [1.82, 2.24) is 15.1 Å². The van der Waals surface area contributed by atoms with Crippen molar-refractivity contribution in [1.29, 1.82) is 0 Å². The van der Waals surface area contributed by atoms with Gasteiger partial charge in [-0.3, -0.25) is 9.48 Å². The van der Waals surface area contributed by atoms with E-state index in [0.717, 1.165) is 37.3 Å². The Hall–Kier alpha value is -1.32. The summed E-state index contributed by atoms with van der Waals surface area (Å²) in [5.74, 6) is 1.05. The molecule has 4 heteroatoms. The van der Waals surface area contributed by atoms with Gasteiger partial charge in [-0.2, -0.15) is 5.10 Å². The maximum absolute atomic E-state index is 13.2. The van der Waals surface area contributed by atoms with E-state index in [4.69, 9.17) is 0 Å². The van der Waals surface area contributed by atoms with Crippen molar-refractivity contribution in [3.05, 3.63) is 17.5 Å². The van der Waals surface area contributed by atoms with Crippen molar-refractivity contribution >= 4 is 5.91 Å². The highest BCUT2D eigenvalue weighted by Gasteiger charge is 2.62. The first kappa shape index (κ1) is 16.2. The first-order valence-electron chi connectivity index (χ1n) is 9.56. The average molecular weight is 329 g/mol. The third-order valence-electron chi connectivity index (χ3n) is 7.05. The molecule has 0 saturated heterocycles. The van der Waals surface area contributed by atoms with Crippen LogP contribution in [0.1, 0.15) is 70.6 Å². The van der Waals surface area contributed by atoms with Crippen molar-refractivity contribution in [2.45, 2.75) is 79.3 Å². The predicted octanol–water partition coefficient (Wildman–Crippen LogP) is 3.82. The molecule has 4 atom stereocenters. The van der Waals surface area contributed by atoms with Gasteiger partial charge in [0, 0.05) is 24.3 Å². The summed E-state index contributed by atoms with van der Waals surface area (Å²) < 4.78 is 1.99. The minimum Gasteiger partial charge on any atom is -0.351 e. The molecular weight excluding hydrogens is 298 g/mol. The van der Waals surface area contributed by atoms with Gasteiger partial charge in [0.1, 0.15) is 0 Å². The van der Waals surface area contributed by atoms with E-state index in [0.29, 0.717) is 23.3 Å². The van der Waals surface area contributed by atoms with Gasteiger partial charge in [-0.05, 0) is 69.1 Å². The number of nitrogens with one attached hydrogen (secondary N) is 1. The maximum Gasteiger partial charge on any atom is 0.226 e. The topological polar surface area (TPSA) is 46.9 Å². The Balaban J connectivity index is 1.51. The zero-order valence-electron chi connectivity index (χ0n) is 15.6. The third-order valence-corrected chi connectivity index (χ3v) is 7.05. The predicted molar refractivity (Wildman–Crippen MR) is 94.3 cm³/mol. The molecule has 0 radical (unpaired) electrons. The van der Waals surface area contributed by atoms with E-state index in [1.807, 2.05) is 10.9 Å². The number of aromatic nitrogens is 2. The number of rotatable bonds is 4. The molecule has 0 aliphatic heterocycles. The highest BCUT2D eigenvalue weighted by atomic mass is 16.2. The minimum absolute atomic E-state index is 0.114. The number of hydrogen-bond acceptors (Lipinski definition) is 2. The van der Waals surface area contributed by atoms with E-state index < -0.39 is 0 Å². The monoisotopic (exact) mass is 329 g/mol. The second-order valence-corrected chi connectivity index (χ2v) is 9.66. The van der Waals surface area contributed by atoms with E-state index >= 15 is 0 Å². The Morgan fingerprint density at radius 2 is 1.92 bits per heavy atom. The number of nitrogens with zero attached hydrogens (tertiary/aromatic N) is 2. The van der Waals surface area contributed by atoms with Crippen LogP contribution in [0.5, 0.6) is 0 Å². The smallest absolute Gasteiger partial charge is 0.226 e. The molecule has 24 heavy (non-hydrogen) atoms. The Morgan fingerprint density at radius 1 is 1.25 bits per heavy atom. The van der Waals surface area contributed by atoms with E-state index in [1.165, 1.54) is 25.0 Å². The summed E-state index contributed by atoms with van der Waals surface area (Å²) in [5.41, 5.74) is 2.97. The molecule has 5 rings (SSSR count). The van der Waals surface area contributed by atoms with Gasteiger partial charge >= 0.3 is 0 Å². The van der Waals surface area contributed by atoms with Crippen molar-refractivity contribution in [2.24, 2.45) is 22.2 Å². The zero-order valence-corrected chi connectivity index (χ0v) is 15.6. The summed E-state index contributed by atoms with van der Waals surface area (Å²) in [7, 11) is 0. The first-order valence-corrected chi connectivity index (χ1v) is 9.56. The van der Waals surface area contributed by atoms with Gasteiger partial charge in [0.15, 0.2) is 0 Å². The lowest BCUT2D eigenvalue weighted by atomic mass is 9.40. The standard InChI is InChI=1S/C20H31N3O/c1-5-23-14(2)16(10-22-23)9-21-17(24)20-8-15-6-18(3,12-20)11-19(4,7-15)13-20/h10,15H,5-9,11-13H2,1-4H3,(H,21,24)/t15?,18-,19+,20?. The van der Waals surface area contributed by atoms with Crippen LogP contribution in [0.25, 0.3) is 0 Å². The van der Waals surface area contributed by atoms with Gasteiger partial charge in [0.05, 0.1) is 11.6 Å². The fourth-order valence-corrected chi connectivity index (χ4v) is 7.04. The normalized spacial score (nSPS) is 40.1. The SMILES string of the molecule is CCn1ncc(CNC(=O)C23CC4C[C@@](C)(C2)C[C@](C)(C4)C3)c1C. The molecule has 1 aromatic rings. The van der Waals surface area contributed by atoms with Gasteiger partial charge < -0.3 is 5.32 Å². The van der Waals surface area contributed by atoms with Crippen molar-refractivity contribution in [2.75, 3.05) is 0 Å². The van der Waals surface area contributed by atoms with Gasteiger partial charge in [-0.1, -0.05) is 13.8 Å². The van der Waals surface area contributed by atoms with Crippen LogP contribution in [0.15, 0.2) is 6.20 Å². The van der Waals surface area contributed by atoms with Gasteiger partial charge in [0.25, 0.3) is 0 Å². The van der Waals surface area contributed by atoms with Crippen molar-refractivity contribution in [3.8, 4) is 0 Å². The second-order valence-electron chi connectivity index (χ2n) is 9.66. The van der Waals surface area contributed by atoms with Gasteiger partial charge in [-0.25, -0.2) is 0 Å². The zero-order chi connectivity index (χ0) is 17.2. The van der Waals surface area contributed by atoms with E-state index in [9.17, 15) is 4.79 Å². The molecule has 1 heterocycles. The molecule has 1 N–H and O–H groups in total. The van der Waals surface area contributed by atoms with Crippen LogP contribution in [0.2, 0.25) is 0 Å². The van der Waals surface area contributed by atoms with Crippen molar-refractivity contribution in [3.63, 3.8) is 0 Å². The molecule has 2 unspecified atom stereocenters. The Bertz CT molecular complexity index is 658. The lowest BCUT2D eigenvalue weighted by Gasteiger charge is -2.64. The summed E-state index contributed by atoms with van der Waals surface area (Å²) in [5, 5.41) is 7.67. The molecule has 4 bridgehead atoms. The van der Waals surface area contributed by atoms with Crippen LogP contribution in [0.4, 0.5) is 0 Å². The Kier molecular flexibility index (Phi) is 3.43. The van der Waals surface area contributed by atoms with Crippen LogP contribution in [-0.2, 0) is 17.9 Å². The number of amides is 1. The number of hydrogen-bond donors (Lipinski definition) is 1. The van der Waals surface area contributed by atoms with Crippen LogP contribution < -0.4 is 5.32 Å². The summed E-state index contributed by atoms with van der Waals surface area (Å²) in [6.07, 6.45) is 9.17. The lowest BCUT2D eigenvalue weighted by Crippen LogP contribution is -2.59. The van der Waals surface area contributed by atoms with Crippen LogP contribution >= 0.6 is 0 Å². The largest absolute Gasteiger partial charge is 0.351 e. The molecule has 0 spiro atoms. The molecule has 1 aromatic heterocycles. The Labute approximate surface area is 145 Å². The average Bonchev–Trinajstić information content (AvgIpc) is 2.81. The molecule has 4 nitrogen and oxygen atoms in total. The number of aryl methyl sites for hydroxylation is 1. The molecule has 4 aliphatic carbocycles. The number of carbonyl (C=O) groups excluding carboxylic acids is 1. The molecule has 132 valence electrons. The summed E-state index contributed by atoms with van der Waals surface area (Å²) in [6, 6.07) is 0. The molecule has 1 amide bonds. The highest BCUT2D eigenvalue weighted by molar-refractivity contribution is 5.83. The fraction of sp³-hybridized carbons (Fsp3) is 0.800. The third kappa shape index (κ3) is 2.41. The van der Waals surface area contributed by atoms with Gasteiger partial charge in [-0.15, -0.1) is 0 Å². The second kappa shape index (κ2) is 5.09. The quantitative estimate of drug-likeness (QED) is 0.912. The summed E-state index contributed by atoms with van der Waals surface area (Å²) in [4.78, 5) is 13.2. The van der Waals surface area contributed by atoms with E-state index in [-0.39, 0.29) is 5.41 Å². The fourth-order valence-electron chi connectivity index (χ4n) is 7.04. The minimum atomic E-state index is -0.114. The highest BCUT2D eigenvalue weighted by Crippen LogP contribution is 2.69. The molecule has 4 saturated carbocycles. The van der Waals surface area contributed by atoms with Crippen LogP contribution in [-0.4, -0.2) is 15.7 Å². The summed E-state index contributed by atoms with van der Waals surface area (Å²) >= 11 is 0. The molecular formula is C20H31N3O. The lowest BCUT2D eigenvalue weighted by molar-refractivity contribution is -0.170. The molecule has 4 fully saturated rings. The van der Waals surface area contributed by atoms with E-state index in [1.54, 1.807) is 0 Å². The first-order chi connectivity index (χ1) is 11.3. The molecule has 4 aliphatic rings.